The first-order valence-corrected chi connectivity index (χ1v) is 8.68. The summed E-state index contributed by atoms with van der Waals surface area (Å²) in [6.07, 6.45) is 3.33. The minimum absolute atomic E-state index is 0.0699. The monoisotopic (exact) mass is 227 g/mol. The first-order chi connectivity index (χ1) is 6.97. The molecule has 0 aromatic carbocycles. The highest BCUT2D eigenvalue weighted by Crippen LogP contribution is 2.31. The van der Waals surface area contributed by atoms with Gasteiger partial charge in [-0.2, -0.15) is 0 Å². The van der Waals surface area contributed by atoms with E-state index in [4.69, 9.17) is 9.96 Å². The van der Waals surface area contributed by atoms with Crippen LogP contribution in [0.5, 0.6) is 0 Å². The van der Waals surface area contributed by atoms with Crippen LogP contribution in [0.4, 0.5) is 0 Å². The van der Waals surface area contributed by atoms with E-state index in [0.29, 0.717) is 5.54 Å². The fraction of sp³-hybridized carbons (Fsp3) is 1.00. The van der Waals surface area contributed by atoms with E-state index in [9.17, 15) is 0 Å². The quantitative estimate of drug-likeness (QED) is 0.311. The van der Waals surface area contributed by atoms with E-state index >= 15 is 0 Å². The Morgan fingerprint density at radius 3 is 2.60 bits per heavy atom. The highest BCUT2D eigenvalue weighted by atomic mass is 28.4. The summed E-state index contributed by atoms with van der Waals surface area (Å²) in [4.78, 5) is 2.90. The lowest BCUT2D eigenvalue weighted by Crippen LogP contribution is -2.40. The molecule has 0 saturated heterocycles. The molecule has 0 spiro atoms. The Bertz CT molecular complexity index is 261. The molecule has 0 radical (unpaired) electrons. The van der Waals surface area contributed by atoms with E-state index in [-0.39, 0.29) is 12.1 Å². The standard InChI is InChI=1S/C10H21N3OSi/c1-8(2)15(3,4)14-10-7-5-6-9(10)12-13-11/h8-10H,5-7H2,1-4H3/t9-,10-/m0/s1. The van der Waals surface area contributed by atoms with Crippen LogP contribution in [0.15, 0.2) is 5.11 Å². The van der Waals surface area contributed by atoms with Crippen LogP contribution >= 0.6 is 0 Å². The molecule has 0 amide bonds. The Hall–Kier alpha value is -0.513. The van der Waals surface area contributed by atoms with Crippen molar-refractivity contribution in [2.24, 2.45) is 5.11 Å². The zero-order chi connectivity index (χ0) is 11.5. The van der Waals surface area contributed by atoms with Crippen molar-refractivity contribution in [1.82, 2.24) is 0 Å². The van der Waals surface area contributed by atoms with Gasteiger partial charge in [-0.05, 0) is 37.0 Å². The van der Waals surface area contributed by atoms with Gasteiger partial charge in [-0.1, -0.05) is 25.4 Å². The summed E-state index contributed by atoms with van der Waals surface area (Å²) in [6.45, 7) is 8.90. The Kier molecular flexibility index (Phi) is 4.19. The third kappa shape index (κ3) is 3.23. The fourth-order valence-electron chi connectivity index (χ4n) is 1.77. The summed E-state index contributed by atoms with van der Waals surface area (Å²) in [5, 5.41) is 3.83. The first kappa shape index (κ1) is 12.6. The highest BCUT2D eigenvalue weighted by molar-refractivity contribution is 6.72. The molecule has 0 aromatic heterocycles. The minimum atomic E-state index is -1.60. The van der Waals surface area contributed by atoms with Crippen LogP contribution in [0.2, 0.25) is 18.6 Å². The molecule has 1 aliphatic rings. The molecule has 0 heterocycles. The van der Waals surface area contributed by atoms with E-state index in [1.165, 1.54) is 0 Å². The maximum atomic E-state index is 8.47. The normalized spacial score (nSPS) is 26.7. The van der Waals surface area contributed by atoms with Gasteiger partial charge in [0.05, 0.1) is 12.1 Å². The number of hydrogen-bond acceptors (Lipinski definition) is 2. The predicted octanol–water partition coefficient (Wildman–Crippen LogP) is 3.85. The van der Waals surface area contributed by atoms with Crippen LogP contribution in [0, 0.1) is 0 Å². The van der Waals surface area contributed by atoms with Gasteiger partial charge in [0, 0.05) is 4.91 Å². The van der Waals surface area contributed by atoms with Gasteiger partial charge in [0.2, 0.25) is 0 Å². The van der Waals surface area contributed by atoms with E-state index < -0.39 is 8.32 Å². The SMILES string of the molecule is CC(C)[Si](C)(C)O[C@H]1CCC[C@@H]1N=[N+]=[N-]. The van der Waals surface area contributed by atoms with Gasteiger partial charge >= 0.3 is 0 Å². The summed E-state index contributed by atoms with van der Waals surface area (Å²) in [5.74, 6) is 0. The van der Waals surface area contributed by atoms with Crippen molar-refractivity contribution in [3.8, 4) is 0 Å². The molecule has 4 nitrogen and oxygen atoms in total. The molecule has 1 fully saturated rings. The lowest BCUT2D eigenvalue weighted by Gasteiger charge is -2.32. The topological polar surface area (TPSA) is 58.0 Å². The highest BCUT2D eigenvalue weighted by Gasteiger charge is 2.35. The second-order valence-electron chi connectivity index (χ2n) is 5.12. The van der Waals surface area contributed by atoms with Crippen molar-refractivity contribution < 1.29 is 4.43 Å². The molecule has 1 saturated carbocycles. The maximum Gasteiger partial charge on any atom is 0.189 e. The van der Waals surface area contributed by atoms with Crippen LogP contribution in [-0.4, -0.2) is 20.5 Å². The van der Waals surface area contributed by atoms with Crippen LogP contribution in [-0.2, 0) is 4.43 Å². The lowest BCUT2D eigenvalue weighted by atomic mass is 10.2. The Morgan fingerprint density at radius 1 is 1.40 bits per heavy atom. The van der Waals surface area contributed by atoms with Crippen molar-refractivity contribution >= 4 is 8.32 Å². The Morgan fingerprint density at radius 2 is 2.07 bits per heavy atom. The van der Waals surface area contributed by atoms with Crippen molar-refractivity contribution in [1.29, 1.82) is 0 Å². The smallest absolute Gasteiger partial charge is 0.189 e. The molecule has 0 unspecified atom stereocenters. The Balaban J connectivity index is 2.61. The maximum absolute atomic E-state index is 8.47. The summed E-state index contributed by atoms with van der Waals surface area (Å²) in [6, 6.07) is 0.0699. The van der Waals surface area contributed by atoms with Crippen LogP contribution in [0.1, 0.15) is 33.1 Å². The second-order valence-corrected chi connectivity index (χ2v) is 9.71. The molecule has 86 valence electrons. The van der Waals surface area contributed by atoms with Gasteiger partial charge in [0.15, 0.2) is 8.32 Å². The minimum Gasteiger partial charge on any atom is -0.414 e. The van der Waals surface area contributed by atoms with Crippen LogP contribution in [0.3, 0.4) is 0 Å². The van der Waals surface area contributed by atoms with E-state index in [1.807, 2.05) is 0 Å². The molecular weight excluding hydrogens is 206 g/mol. The summed E-state index contributed by atoms with van der Waals surface area (Å²) in [7, 11) is -1.60. The molecule has 0 aromatic rings. The van der Waals surface area contributed by atoms with Gasteiger partial charge in [-0.15, -0.1) is 0 Å². The summed E-state index contributed by atoms with van der Waals surface area (Å²) < 4.78 is 6.20. The molecule has 0 N–H and O–H groups in total. The Labute approximate surface area is 92.8 Å². The first-order valence-electron chi connectivity index (χ1n) is 5.69. The predicted molar refractivity (Wildman–Crippen MR) is 64.2 cm³/mol. The molecule has 1 rings (SSSR count). The van der Waals surface area contributed by atoms with Gasteiger partial charge in [0.1, 0.15) is 0 Å². The zero-order valence-electron chi connectivity index (χ0n) is 10.1. The van der Waals surface area contributed by atoms with E-state index in [2.05, 4.69) is 37.0 Å². The van der Waals surface area contributed by atoms with Gasteiger partial charge in [-0.25, -0.2) is 0 Å². The number of hydrogen-bond donors (Lipinski definition) is 0. The van der Waals surface area contributed by atoms with Crippen molar-refractivity contribution in [3.05, 3.63) is 10.4 Å². The van der Waals surface area contributed by atoms with Crippen molar-refractivity contribution in [2.75, 3.05) is 0 Å². The average molecular weight is 227 g/mol. The largest absolute Gasteiger partial charge is 0.414 e. The third-order valence-corrected chi connectivity index (χ3v) is 7.15. The van der Waals surface area contributed by atoms with E-state index in [1.54, 1.807) is 0 Å². The van der Waals surface area contributed by atoms with Crippen LogP contribution in [0.25, 0.3) is 10.4 Å². The van der Waals surface area contributed by atoms with Gasteiger partial charge in [0.25, 0.3) is 0 Å². The summed E-state index contributed by atoms with van der Waals surface area (Å²) >= 11 is 0. The third-order valence-electron chi connectivity index (χ3n) is 3.46. The van der Waals surface area contributed by atoms with Crippen LogP contribution < -0.4 is 0 Å². The average Bonchev–Trinajstić information content (AvgIpc) is 2.52. The molecule has 15 heavy (non-hydrogen) atoms. The molecule has 0 bridgehead atoms. The number of nitrogens with zero attached hydrogens (tertiary/aromatic N) is 3. The number of rotatable bonds is 4. The fourth-order valence-corrected chi connectivity index (χ4v) is 3.10. The van der Waals surface area contributed by atoms with E-state index in [0.717, 1.165) is 19.3 Å². The molecule has 1 aliphatic carbocycles. The van der Waals surface area contributed by atoms with Crippen molar-refractivity contribution in [3.63, 3.8) is 0 Å². The molecule has 5 heteroatoms. The molecule has 0 aliphatic heterocycles. The van der Waals surface area contributed by atoms with Gasteiger partial charge < -0.3 is 4.43 Å². The second kappa shape index (κ2) is 5.01. The number of azide groups is 1. The summed E-state index contributed by atoms with van der Waals surface area (Å²) in [5.41, 5.74) is 9.07. The van der Waals surface area contributed by atoms with Crippen molar-refractivity contribution in [2.45, 2.75) is 63.9 Å². The molecule has 2 atom stereocenters. The zero-order valence-corrected chi connectivity index (χ0v) is 11.1. The lowest BCUT2D eigenvalue weighted by molar-refractivity contribution is 0.178. The molecular formula is C10H21N3OSi. The van der Waals surface area contributed by atoms with Gasteiger partial charge in [-0.3, -0.25) is 0 Å².